The van der Waals surface area contributed by atoms with Gasteiger partial charge in [0.15, 0.2) is 0 Å². The largest absolute Gasteiger partial charge is 0.493 e. The second-order valence-electron chi connectivity index (χ2n) is 7.10. The van der Waals surface area contributed by atoms with Crippen molar-refractivity contribution < 1.29 is 24.2 Å². The van der Waals surface area contributed by atoms with E-state index in [1.807, 2.05) is 13.0 Å². The van der Waals surface area contributed by atoms with E-state index in [0.717, 1.165) is 5.56 Å². The maximum absolute atomic E-state index is 12.9. The van der Waals surface area contributed by atoms with Crippen molar-refractivity contribution in [3.8, 4) is 5.75 Å². The van der Waals surface area contributed by atoms with Crippen LogP contribution in [0.2, 0.25) is 0 Å². The molecule has 0 bridgehead atoms. The average molecular weight is 382 g/mol. The van der Waals surface area contributed by atoms with Gasteiger partial charge < -0.3 is 24.8 Å². The van der Waals surface area contributed by atoms with E-state index in [-0.39, 0.29) is 31.6 Å². The molecule has 7 heteroatoms. The third kappa shape index (κ3) is 3.34. The summed E-state index contributed by atoms with van der Waals surface area (Å²) in [6, 6.07) is 12.4. The summed E-state index contributed by atoms with van der Waals surface area (Å²) >= 11 is 0. The highest BCUT2D eigenvalue weighted by molar-refractivity contribution is 6.11. The van der Waals surface area contributed by atoms with Gasteiger partial charge in [-0.2, -0.15) is 0 Å². The average Bonchev–Trinajstić information content (AvgIpc) is 2.97. The molecule has 0 spiro atoms. The first-order valence-corrected chi connectivity index (χ1v) is 9.25. The predicted molar refractivity (Wildman–Crippen MR) is 103 cm³/mol. The molecule has 0 aliphatic carbocycles. The fourth-order valence-corrected chi connectivity index (χ4v) is 3.56. The van der Waals surface area contributed by atoms with E-state index in [1.54, 1.807) is 41.3 Å². The molecule has 0 radical (unpaired) electrons. The quantitative estimate of drug-likeness (QED) is 0.798. The summed E-state index contributed by atoms with van der Waals surface area (Å²) in [6.45, 7) is 3.37. The SMILES string of the molecule is CCOc1ccccc1C(=O)Nc1cccc2c1C(=O)N(CC1(O)COC1)C2. The van der Waals surface area contributed by atoms with Crippen molar-refractivity contribution in [2.75, 3.05) is 31.7 Å². The summed E-state index contributed by atoms with van der Waals surface area (Å²) in [7, 11) is 0. The van der Waals surface area contributed by atoms with Gasteiger partial charge in [0.25, 0.3) is 11.8 Å². The zero-order valence-electron chi connectivity index (χ0n) is 15.6. The van der Waals surface area contributed by atoms with E-state index in [9.17, 15) is 14.7 Å². The van der Waals surface area contributed by atoms with Crippen LogP contribution in [-0.4, -0.2) is 53.8 Å². The Labute approximate surface area is 162 Å². The number of nitrogens with zero attached hydrogens (tertiary/aromatic N) is 1. The van der Waals surface area contributed by atoms with Crippen LogP contribution in [0.3, 0.4) is 0 Å². The zero-order chi connectivity index (χ0) is 19.7. The fourth-order valence-electron chi connectivity index (χ4n) is 3.56. The molecule has 0 saturated carbocycles. The number of anilines is 1. The van der Waals surface area contributed by atoms with Crippen molar-refractivity contribution >= 4 is 17.5 Å². The molecule has 4 rings (SSSR count). The van der Waals surface area contributed by atoms with Crippen LogP contribution in [0.5, 0.6) is 5.75 Å². The van der Waals surface area contributed by atoms with E-state index in [0.29, 0.717) is 35.7 Å². The Bertz CT molecular complexity index is 923. The molecule has 2 aromatic carbocycles. The third-order valence-corrected chi connectivity index (χ3v) is 4.92. The smallest absolute Gasteiger partial charge is 0.259 e. The van der Waals surface area contributed by atoms with Gasteiger partial charge in [0.05, 0.1) is 43.2 Å². The van der Waals surface area contributed by atoms with Crippen molar-refractivity contribution in [2.45, 2.75) is 19.1 Å². The van der Waals surface area contributed by atoms with Crippen LogP contribution >= 0.6 is 0 Å². The lowest BCUT2D eigenvalue weighted by atomic mass is 10.0. The van der Waals surface area contributed by atoms with Gasteiger partial charge in [0, 0.05) is 6.54 Å². The molecule has 7 nitrogen and oxygen atoms in total. The van der Waals surface area contributed by atoms with Crippen LogP contribution in [0.1, 0.15) is 33.2 Å². The summed E-state index contributed by atoms with van der Waals surface area (Å²) in [5.74, 6) is -0.0470. The lowest BCUT2D eigenvalue weighted by molar-refractivity contribution is -0.184. The first-order chi connectivity index (χ1) is 13.5. The normalized spacial score (nSPS) is 17.1. The number of hydrogen-bond donors (Lipinski definition) is 2. The molecule has 146 valence electrons. The standard InChI is InChI=1S/C21H22N2O5/c1-2-28-17-9-4-3-7-15(17)19(24)22-16-8-5-6-14-10-23(20(25)18(14)16)11-21(26)12-27-13-21/h3-9,26H,2,10-13H2,1H3,(H,22,24). The molecule has 0 aromatic heterocycles. The molecule has 2 aliphatic rings. The van der Waals surface area contributed by atoms with Gasteiger partial charge in [-0.3, -0.25) is 9.59 Å². The Hall–Kier alpha value is -2.90. The van der Waals surface area contributed by atoms with Crippen molar-refractivity contribution in [3.05, 3.63) is 59.2 Å². The number of amides is 2. The Morgan fingerprint density at radius 1 is 1.25 bits per heavy atom. The van der Waals surface area contributed by atoms with Crippen LogP contribution in [0.4, 0.5) is 5.69 Å². The molecule has 1 saturated heterocycles. The first kappa shape index (κ1) is 18.5. The Kier molecular flexibility index (Phi) is 4.78. The maximum atomic E-state index is 12.9. The molecule has 28 heavy (non-hydrogen) atoms. The minimum Gasteiger partial charge on any atom is -0.493 e. The Balaban J connectivity index is 1.56. The number of benzene rings is 2. The Morgan fingerprint density at radius 3 is 2.75 bits per heavy atom. The summed E-state index contributed by atoms with van der Waals surface area (Å²) in [5.41, 5.74) is 1.17. The van der Waals surface area contributed by atoms with Crippen LogP contribution < -0.4 is 10.1 Å². The van der Waals surface area contributed by atoms with E-state index in [2.05, 4.69) is 5.32 Å². The topological polar surface area (TPSA) is 88.1 Å². The van der Waals surface area contributed by atoms with E-state index >= 15 is 0 Å². The minimum atomic E-state index is -0.989. The molecule has 2 heterocycles. The van der Waals surface area contributed by atoms with E-state index in [1.165, 1.54) is 0 Å². The lowest BCUT2D eigenvalue weighted by Gasteiger charge is -2.38. The second kappa shape index (κ2) is 7.26. The van der Waals surface area contributed by atoms with Gasteiger partial charge in [0.2, 0.25) is 0 Å². The van der Waals surface area contributed by atoms with E-state index in [4.69, 9.17) is 9.47 Å². The number of β-amino-alcohol motifs (C(OH)–C–C–N with tert-alkyl or cyclic N) is 1. The number of hydrogen-bond acceptors (Lipinski definition) is 5. The third-order valence-electron chi connectivity index (χ3n) is 4.92. The molecule has 2 aromatic rings. The van der Waals surface area contributed by atoms with Crippen LogP contribution in [0, 0.1) is 0 Å². The molecule has 2 N–H and O–H groups in total. The first-order valence-electron chi connectivity index (χ1n) is 9.25. The van der Waals surface area contributed by atoms with E-state index < -0.39 is 5.60 Å². The Morgan fingerprint density at radius 2 is 2.04 bits per heavy atom. The number of carbonyl (C=O) groups excluding carboxylic acids is 2. The summed E-state index contributed by atoms with van der Waals surface area (Å²) in [6.07, 6.45) is 0. The molecule has 0 atom stereocenters. The number of nitrogens with one attached hydrogen (secondary N) is 1. The number of aliphatic hydroxyl groups is 1. The van der Waals surface area contributed by atoms with Gasteiger partial charge in [-0.25, -0.2) is 0 Å². The van der Waals surface area contributed by atoms with Crippen molar-refractivity contribution in [2.24, 2.45) is 0 Å². The molecule has 2 amide bonds. The second-order valence-corrected chi connectivity index (χ2v) is 7.10. The summed E-state index contributed by atoms with van der Waals surface area (Å²) in [4.78, 5) is 27.3. The van der Waals surface area contributed by atoms with Gasteiger partial charge in [0.1, 0.15) is 11.4 Å². The van der Waals surface area contributed by atoms with Gasteiger partial charge in [-0.15, -0.1) is 0 Å². The van der Waals surface area contributed by atoms with Crippen LogP contribution in [0.15, 0.2) is 42.5 Å². The molecule has 1 fully saturated rings. The molecule has 2 aliphatic heterocycles. The van der Waals surface area contributed by atoms with Gasteiger partial charge in [-0.1, -0.05) is 24.3 Å². The number of para-hydroxylation sites is 1. The highest BCUT2D eigenvalue weighted by atomic mass is 16.5. The fraction of sp³-hybridized carbons (Fsp3) is 0.333. The van der Waals surface area contributed by atoms with Crippen LogP contribution in [0.25, 0.3) is 0 Å². The van der Waals surface area contributed by atoms with Crippen LogP contribution in [-0.2, 0) is 11.3 Å². The summed E-state index contributed by atoms with van der Waals surface area (Å²) < 4.78 is 10.6. The van der Waals surface area contributed by atoms with Crippen molar-refractivity contribution in [1.82, 2.24) is 4.90 Å². The maximum Gasteiger partial charge on any atom is 0.259 e. The number of ether oxygens (including phenoxy) is 2. The van der Waals surface area contributed by atoms with Crippen molar-refractivity contribution in [3.63, 3.8) is 0 Å². The zero-order valence-corrected chi connectivity index (χ0v) is 15.6. The lowest BCUT2D eigenvalue weighted by Crippen LogP contribution is -2.57. The molecular formula is C21H22N2O5. The highest BCUT2D eigenvalue weighted by Crippen LogP contribution is 2.32. The number of fused-ring (bicyclic) bond motifs is 1. The number of carbonyl (C=O) groups is 2. The van der Waals surface area contributed by atoms with Gasteiger partial charge >= 0.3 is 0 Å². The van der Waals surface area contributed by atoms with Gasteiger partial charge in [-0.05, 0) is 30.7 Å². The molecule has 0 unspecified atom stereocenters. The monoisotopic (exact) mass is 382 g/mol. The van der Waals surface area contributed by atoms with Crippen molar-refractivity contribution in [1.29, 1.82) is 0 Å². The molecular weight excluding hydrogens is 360 g/mol. The minimum absolute atomic E-state index is 0.204. The summed E-state index contributed by atoms with van der Waals surface area (Å²) in [5, 5.41) is 13.2. The predicted octanol–water partition coefficient (Wildman–Crippen LogP) is 2.05. The highest BCUT2D eigenvalue weighted by Gasteiger charge is 2.42. The number of rotatable bonds is 6.